The van der Waals surface area contributed by atoms with E-state index in [2.05, 4.69) is 25.1 Å². The van der Waals surface area contributed by atoms with Crippen molar-refractivity contribution in [1.82, 2.24) is 5.32 Å². The molecule has 0 spiro atoms. The standard InChI is InChI=1S/C20H29F3N2OS/c1-4-14-12-15(5-2)17(16(6-3)13-14)25(27)18(26)24-19(20(21,22)23)10-8-7-9-11-19/h12-13,27H,4-11H2,1-3H3,(H,24,26). The van der Waals surface area contributed by atoms with Crippen LogP contribution in [0.15, 0.2) is 12.1 Å². The molecule has 0 saturated heterocycles. The molecule has 152 valence electrons. The average molecular weight is 403 g/mol. The van der Waals surface area contributed by atoms with Crippen LogP contribution in [0.3, 0.4) is 0 Å². The third kappa shape index (κ3) is 4.55. The zero-order valence-electron chi connectivity index (χ0n) is 16.2. The van der Waals surface area contributed by atoms with Crippen molar-refractivity contribution < 1.29 is 18.0 Å². The third-order valence-electron chi connectivity index (χ3n) is 5.50. The SMILES string of the molecule is CCc1cc(CC)c(N(S)C(=O)NC2(C(F)(F)F)CCCCC2)c(CC)c1. The minimum atomic E-state index is -4.48. The fraction of sp³-hybridized carbons (Fsp3) is 0.650. The van der Waals surface area contributed by atoms with Gasteiger partial charge >= 0.3 is 12.2 Å². The van der Waals surface area contributed by atoms with Gasteiger partial charge in [-0.2, -0.15) is 13.2 Å². The number of rotatable bonds is 5. The van der Waals surface area contributed by atoms with Crippen LogP contribution in [0.1, 0.15) is 69.6 Å². The number of alkyl halides is 3. The summed E-state index contributed by atoms with van der Waals surface area (Å²) in [4.78, 5) is 12.8. The third-order valence-corrected chi connectivity index (χ3v) is 5.88. The van der Waals surface area contributed by atoms with Crippen LogP contribution >= 0.6 is 12.8 Å². The lowest BCUT2D eigenvalue weighted by Gasteiger charge is -2.40. The first-order chi connectivity index (χ1) is 12.7. The van der Waals surface area contributed by atoms with Crippen LogP contribution in [0.2, 0.25) is 0 Å². The molecule has 2 rings (SSSR count). The van der Waals surface area contributed by atoms with E-state index >= 15 is 0 Å². The Morgan fingerprint density at radius 1 is 1.07 bits per heavy atom. The minimum absolute atomic E-state index is 0.0834. The Balaban J connectivity index is 2.36. The highest BCUT2D eigenvalue weighted by Crippen LogP contribution is 2.42. The highest BCUT2D eigenvalue weighted by Gasteiger charge is 2.56. The van der Waals surface area contributed by atoms with Gasteiger partial charge in [0.15, 0.2) is 0 Å². The molecule has 1 saturated carbocycles. The molecule has 27 heavy (non-hydrogen) atoms. The number of benzene rings is 1. The number of hydrogen-bond acceptors (Lipinski definition) is 2. The fourth-order valence-corrected chi connectivity index (χ4v) is 4.15. The molecule has 0 atom stereocenters. The lowest BCUT2D eigenvalue weighted by Crippen LogP contribution is -2.61. The topological polar surface area (TPSA) is 32.3 Å². The Morgan fingerprint density at radius 2 is 1.59 bits per heavy atom. The van der Waals surface area contributed by atoms with Crippen molar-refractivity contribution in [3.8, 4) is 0 Å². The van der Waals surface area contributed by atoms with Crippen LogP contribution in [0.4, 0.5) is 23.7 Å². The van der Waals surface area contributed by atoms with E-state index < -0.39 is 17.7 Å². The Kier molecular flexibility index (Phi) is 7.11. The number of halogens is 3. The van der Waals surface area contributed by atoms with E-state index in [0.717, 1.165) is 33.8 Å². The zero-order chi connectivity index (χ0) is 20.2. The summed E-state index contributed by atoms with van der Waals surface area (Å²) in [6.45, 7) is 5.99. The zero-order valence-corrected chi connectivity index (χ0v) is 17.1. The molecule has 2 amide bonds. The second-order valence-electron chi connectivity index (χ2n) is 7.21. The van der Waals surface area contributed by atoms with Crippen molar-refractivity contribution in [2.45, 2.75) is 83.9 Å². The molecule has 3 nitrogen and oxygen atoms in total. The molecule has 0 aliphatic heterocycles. The molecule has 0 heterocycles. The van der Waals surface area contributed by atoms with E-state index in [0.29, 0.717) is 31.4 Å². The normalized spacial score (nSPS) is 16.9. The number of carbonyl (C=O) groups is 1. The van der Waals surface area contributed by atoms with Gasteiger partial charge in [-0.3, -0.25) is 0 Å². The summed E-state index contributed by atoms with van der Waals surface area (Å²) in [5, 5.41) is 2.29. The van der Waals surface area contributed by atoms with Gasteiger partial charge in [-0.05, 0) is 48.8 Å². The van der Waals surface area contributed by atoms with Crippen LogP contribution in [0.25, 0.3) is 0 Å². The van der Waals surface area contributed by atoms with Crippen molar-refractivity contribution in [3.05, 3.63) is 28.8 Å². The average Bonchev–Trinajstić information content (AvgIpc) is 2.65. The number of urea groups is 1. The van der Waals surface area contributed by atoms with Gasteiger partial charge in [0.25, 0.3) is 0 Å². The summed E-state index contributed by atoms with van der Waals surface area (Å²) in [5.41, 5.74) is 1.42. The Bertz CT molecular complexity index is 645. The van der Waals surface area contributed by atoms with Gasteiger partial charge in [-0.25, -0.2) is 9.10 Å². The Hall–Kier alpha value is -1.37. The predicted octanol–water partition coefficient (Wildman–Crippen LogP) is 6.00. The number of carbonyl (C=O) groups excluding carboxylic acids is 1. The summed E-state index contributed by atoms with van der Waals surface area (Å²) in [7, 11) is 0. The number of amides is 2. The highest BCUT2D eigenvalue weighted by atomic mass is 32.1. The fourth-order valence-electron chi connectivity index (χ4n) is 3.84. The molecule has 1 aromatic rings. The minimum Gasteiger partial charge on any atom is -0.322 e. The van der Waals surface area contributed by atoms with Gasteiger partial charge in [0.2, 0.25) is 0 Å². The number of aryl methyl sites for hydroxylation is 3. The first-order valence-electron chi connectivity index (χ1n) is 9.71. The van der Waals surface area contributed by atoms with Crippen LogP contribution in [0, 0.1) is 0 Å². The van der Waals surface area contributed by atoms with E-state index in [-0.39, 0.29) is 12.8 Å². The summed E-state index contributed by atoms with van der Waals surface area (Å²) < 4.78 is 42.3. The molecule has 0 bridgehead atoms. The number of anilines is 1. The van der Waals surface area contributed by atoms with Crippen molar-refractivity contribution in [2.24, 2.45) is 0 Å². The van der Waals surface area contributed by atoms with Crippen LogP contribution < -0.4 is 9.62 Å². The molecule has 0 aromatic heterocycles. The molecule has 1 fully saturated rings. The van der Waals surface area contributed by atoms with Crippen molar-refractivity contribution in [3.63, 3.8) is 0 Å². The number of thiol groups is 1. The second-order valence-corrected chi connectivity index (χ2v) is 7.61. The van der Waals surface area contributed by atoms with E-state index in [9.17, 15) is 18.0 Å². The van der Waals surface area contributed by atoms with E-state index in [4.69, 9.17) is 0 Å². The quantitative estimate of drug-likeness (QED) is 0.582. The maximum atomic E-state index is 13.8. The second kappa shape index (κ2) is 8.76. The first kappa shape index (κ1) is 21.9. The van der Waals surface area contributed by atoms with Gasteiger partial charge in [0.05, 0.1) is 5.69 Å². The molecule has 0 radical (unpaired) electrons. The first-order valence-corrected chi connectivity index (χ1v) is 10.1. The maximum absolute atomic E-state index is 13.8. The Morgan fingerprint density at radius 3 is 2.00 bits per heavy atom. The summed E-state index contributed by atoms with van der Waals surface area (Å²) in [6.07, 6.45) is -0.774. The highest BCUT2D eigenvalue weighted by molar-refractivity contribution is 7.82. The van der Waals surface area contributed by atoms with Gasteiger partial charge < -0.3 is 5.32 Å². The lowest BCUT2D eigenvalue weighted by molar-refractivity contribution is -0.201. The van der Waals surface area contributed by atoms with Crippen LogP contribution in [-0.2, 0) is 19.3 Å². The lowest BCUT2D eigenvalue weighted by atomic mass is 9.81. The molecular formula is C20H29F3N2OS. The number of nitrogens with zero attached hydrogens (tertiary/aromatic N) is 1. The molecule has 1 aliphatic carbocycles. The smallest absolute Gasteiger partial charge is 0.322 e. The van der Waals surface area contributed by atoms with Crippen molar-refractivity contribution in [1.29, 1.82) is 0 Å². The van der Waals surface area contributed by atoms with Gasteiger partial charge in [0, 0.05) is 0 Å². The summed E-state index contributed by atoms with van der Waals surface area (Å²) in [6, 6.07) is 3.20. The summed E-state index contributed by atoms with van der Waals surface area (Å²) in [5.74, 6) is 0. The van der Waals surface area contributed by atoms with Crippen molar-refractivity contribution in [2.75, 3.05) is 4.31 Å². The number of hydrogen-bond donors (Lipinski definition) is 2. The van der Waals surface area contributed by atoms with E-state index in [1.165, 1.54) is 0 Å². The van der Waals surface area contributed by atoms with Gasteiger partial charge in [-0.15, -0.1) is 0 Å². The molecule has 1 aromatic carbocycles. The van der Waals surface area contributed by atoms with Crippen LogP contribution in [0.5, 0.6) is 0 Å². The maximum Gasteiger partial charge on any atom is 0.411 e. The molecule has 7 heteroatoms. The van der Waals surface area contributed by atoms with E-state index in [1.54, 1.807) is 0 Å². The van der Waals surface area contributed by atoms with Gasteiger partial charge in [0.1, 0.15) is 5.54 Å². The molecule has 1 N–H and O–H groups in total. The van der Waals surface area contributed by atoms with E-state index in [1.807, 2.05) is 26.0 Å². The van der Waals surface area contributed by atoms with Gasteiger partial charge in [-0.1, -0.05) is 65.0 Å². The molecular weight excluding hydrogens is 373 g/mol. The number of nitrogens with one attached hydrogen (secondary N) is 1. The van der Waals surface area contributed by atoms with Crippen molar-refractivity contribution >= 4 is 24.5 Å². The van der Waals surface area contributed by atoms with Crippen LogP contribution in [-0.4, -0.2) is 17.7 Å². The summed E-state index contributed by atoms with van der Waals surface area (Å²) >= 11 is 4.31. The largest absolute Gasteiger partial charge is 0.411 e. The predicted molar refractivity (Wildman–Crippen MR) is 106 cm³/mol. The molecule has 1 aliphatic rings. The Labute approximate surface area is 165 Å². The monoisotopic (exact) mass is 402 g/mol. The molecule has 0 unspecified atom stereocenters.